The van der Waals surface area contributed by atoms with Gasteiger partial charge in [-0.1, -0.05) is 12.8 Å². The lowest BCUT2D eigenvalue weighted by molar-refractivity contribution is -0.142. The third kappa shape index (κ3) is 5.19. The molecule has 6 heteroatoms. The molecule has 3 N–H and O–H groups in total. The summed E-state index contributed by atoms with van der Waals surface area (Å²) in [6.07, 6.45) is 4.25. The van der Waals surface area contributed by atoms with Crippen LogP contribution in [0.4, 0.5) is 0 Å². The Morgan fingerprint density at radius 3 is 2.35 bits per heavy atom. The fourth-order valence-electron chi connectivity index (χ4n) is 2.30. The first-order valence-electron chi connectivity index (χ1n) is 7.21. The normalized spacial score (nSPS) is 18.3. The molecule has 1 aliphatic carbocycles. The maximum Gasteiger partial charge on any atom is 0.308 e. The number of carboxylic acid groups (broad SMARTS) is 1. The molecule has 1 fully saturated rings. The summed E-state index contributed by atoms with van der Waals surface area (Å²) in [7, 11) is 0. The molecule has 2 amide bonds. The molecule has 0 radical (unpaired) electrons. The Hall–Kier alpha value is -1.59. The first-order chi connectivity index (χ1) is 9.41. The van der Waals surface area contributed by atoms with E-state index in [0.717, 1.165) is 25.7 Å². The molecule has 0 aliphatic heterocycles. The van der Waals surface area contributed by atoms with Gasteiger partial charge in [0, 0.05) is 24.9 Å². The zero-order chi connectivity index (χ0) is 15.1. The maximum absolute atomic E-state index is 11.7. The van der Waals surface area contributed by atoms with Crippen molar-refractivity contribution in [3.63, 3.8) is 0 Å². The Morgan fingerprint density at radius 2 is 1.80 bits per heavy atom. The molecular weight excluding hydrogens is 260 g/mol. The predicted molar refractivity (Wildman–Crippen MR) is 74.0 cm³/mol. The molecule has 6 nitrogen and oxygen atoms in total. The first-order valence-corrected chi connectivity index (χ1v) is 7.21. The van der Waals surface area contributed by atoms with Crippen molar-refractivity contribution in [3.8, 4) is 0 Å². The van der Waals surface area contributed by atoms with Gasteiger partial charge in [-0.2, -0.15) is 0 Å². The van der Waals surface area contributed by atoms with Gasteiger partial charge in [-0.05, 0) is 26.7 Å². The summed E-state index contributed by atoms with van der Waals surface area (Å²) in [5.74, 6) is -1.68. The number of hydrogen-bond donors (Lipinski definition) is 3. The van der Waals surface area contributed by atoms with Crippen molar-refractivity contribution >= 4 is 17.8 Å². The highest BCUT2D eigenvalue weighted by Gasteiger charge is 2.23. The quantitative estimate of drug-likeness (QED) is 0.647. The summed E-state index contributed by atoms with van der Waals surface area (Å²) in [5, 5.41) is 14.2. The van der Waals surface area contributed by atoms with E-state index in [9.17, 15) is 14.4 Å². The van der Waals surface area contributed by atoms with Gasteiger partial charge in [0.05, 0.1) is 5.92 Å². The summed E-state index contributed by atoms with van der Waals surface area (Å²) >= 11 is 0. The van der Waals surface area contributed by atoms with Gasteiger partial charge in [0.1, 0.15) is 0 Å². The van der Waals surface area contributed by atoms with E-state index in [1.807, 2.05) is 0 Å². The van der Waals surface area contributed by atoms with Crippen molar-refractivity contribution in [2.75, 3.05) is 6.54 Å². The zero-order valence-corrected chi connectivity index (χ0v) is 12.1. The Labute approximate surface area is 119 Å². The highest BCUT2D eigenvalue weighted by Crippen LogP contribution is 2.24. The molecule has 0 saturated heterocycles. The molecule has 1 aliphatic rings. The van der Waals surface area contributed by atoms with Gasteiger partial charge in [0.2, 0.25) is 11.8 Å². The Bertz CT molecular complexity index is 364. The van der Waals surface area contributed by atoms with Crippen LogP contribution in [0.1, 0.15) is 46.0 Å². The molecule has 1 rings (SSSR count). The van der Waals surface area contributed by atoms with Gasteiger partial charge in [0.15, 0.2) is 0 Å². The molecular formula is C14H24N2O4. The van der Waals surface area contributed by atoms with E-state index in [2.05, 4.69) is 10.6 Å². The summed E-state index contributed by atoms with van der Waals surface area (Å²) in [6.45, 7) is 3.51. The molecule has 1 saturated carbocycles. The first kappa shape index (κ1) is 16.5. The van der Waals surface area contributed by atoms with Crippen molar-refractivity contribution in [1.82, 2.24) is 10.6 Å². The van der Waals surface area contributed by atoms with Crippen LogP contribution in [-0.2, 0) is 14.4 Å². The van der Waals surface area contributed by atoms with Crippen molar-refractivity contribution in [2.24, 2.45) is 11.8 Å². The van der Waals surface area contributed by atoms with Crippen LogP contribution >= 0.6 is 0 Å². The molecule has 0 bridgehead atoms. The largest absolute Gasteiger partial charge is 0.481 e. The van der Waals surface area contributed by atoms with Crippen LogP contribution in [0.5, 0.6) is 0 Å². The minimum atomic E-state index is -0.938. The van der Waals surface area contributed by atoms with Crippen molar-refractivity contribution in [2.45, 2.75) is 52.0 Å². The molecule has 0 spiro atoms. The average molecular weight is 284 g/mol. The molecule has 114 valence electrons. The summed E-state index contributed by atoms with van der Waals surface area (Å²) in [6, 6.07) is -0.425. The van der Waals surface area contributed by atoms with E-state index >= 15 is 0 Å². The summed E-state index contributed by atoms with van der Waals surface area (Å²) in [4.78, 5) is 34.1. The lowest BCUT2D eigenvalue weighted by Gasteiger charge is -2.18. The third-order valence-corrected chi connectivity index (χ3v) is 3.91. The molecule has 20 heavy (non-hydrogen) atoms. The predicted octanol–water partition coefficient (Wildman–Crippen LogP) is 0.908. The van der Waals surface area contributed by atoms with Crippen LogP contribution in [0.2, 0.25) is 0 Å². The van der Waals surface area contributed by atoms with E-state index in [1.165, 1.54) is 0 Å². The average Bonchev–Trinajstić information content (AvgIpc) is 2.91. The van der Waals surface area contributed by atoms with Crippen LogP contribution in [0.25, 0.3) is 0 Å². The van der Waals surface area contributed by atoms with E-state index in [1.54, 1.807) is 13.8 Å². The van der Waals surface area contributed by atoms with E-state index in [0.29, 0.717) is 6.54 Å². The van der Waals surface area contributed by atoms with Crippen LogP contribution in [-0.4, -0.2) is 35.5 Å². The fraction of sp³-hybridized carbons (Fsp3) is 0.786. The molecule has 0 aromatic heterocycles. The van der Waals surface area contributed by atoms with Crippen LogP contribution < -0.4 is 10.6 Å². The van der Waals surface area contributed by atoms with Gasteiger partial charge >= 0.3 is 5.97 Å². The number of carbonyl (C=O) groups excluding carboxylic acids is 2. The van der Waals surface area contributed by atoms with Crippen molar-refractivity contribution in [3.05, 3.63) is 0 Å². The number of rotatable bonds is 7. The number of hydrogen-bond acceptors (Lipinski definition) is 3. The smallest absolute Gasteiger partial charge is 0.308 e. The number of carbonyl (C=O) groups is 3. The van der Waals surface area contributed by atoms with Crippen molar-refractivity contribution in [1.29, 1.82) is 0 Å². The van der Waals surface area contributed by atoms with Crippen LogP contribution in [0, 0.1) is 11.8 Å². The Kier molecular flexibility index (Phi) is 6.48. The van der Waals surface area contributed by atoms with Crippen molar-refractivity contribution < 1.29 is 19.5 Å². The monoisotopic (exact) mass is 284 g/mol. The third-order valence-electron chi connectivity index (χ3n) is 3.91. The topological polar surface area (TPSA) is 95.5 Å². The Morgan fingerprint density at radius 1 is 1.20 bits per heavy atom. The van der Waals surface area contributed by atoms with Gasteiger partial charge < -0.3 is 15.7 Å². The second-order valence-electron chi connectivity index (χ2n) is 5.51. The molecule has 0 aromatic carbocycles. The maximum atomic E-state index is 11.7. The number of carboxylic acids is 1. The SMILES string of the molecule is CC(NC(=O)CCNC(=O)C1CCCC1)C(C)C(=O)O. The second kappa shape index (κ2) is 7.87. The summed E-state index contributed by atoms with van der Waals surface area (Å²) in [5.41, 5.74) is 0. The fourth-order valence-corrected chi connectivity index (χ4v) is 2.30. The minimum absolute atomic E-state index is 0.0299. The van der Waals surface area contributed by atoms with E-state index < -0.39 is 17.9 Å². The van der Waals surface area contributed by atoms with E-state index in [4.69, 9.17) is 5.11 Å². The number of amides is 2. The molecule has 0 aromatic rings. The van der Waals surface area contributed by atoms with Gasteiger partial charge in [-0.15, -0.1) is 0 Å². The molecule has 2 unspecified atom stereocenters. The van der Waals surface area contributed by atoms with Gasteiger partial charge in [-0.25, -0.2) is 0 Å². The van der Waals surface area contributed by atoms with Gasteiger partial charge in [0.25, 0.3) is 0 Å². The highest BCUT2D eigenvalue weighted by molar-refractivity contribution is 5.81. The number of nitrogens with one attached hydrogen (secondary N) is 2. The summed E-state index contributed by atoms with van der Waals surface area (Å²) < 4.78 is 0. The number of aliphatic carboxylic acids is 1. The zero-order valence-electron chi connectivity index (χ0n) is 12.1. The highest BCUT2D eigenvalue weighted by atomic mass is 16.4. The minimum Gasteiger partial charge on any atom is -0.481 e. The molecule has 0 heterocycles. The van der Waals surface area contributed by atoms with Crippen LogP contribution in [0.15, 0.2) is 0 Å². The second-order valence-corrected chi connectivity index (χ2v) is 5.51. The molecule has 2 atom stereocenters. The standard InChI is InChI=1S/C14H24N2O4/c1-9(14(19)20)10(2)16-12(17)7-8-15-13(18)11-5-3-4-6-11/h9-11H,3-8H2,1-2H3,(H,15,18)(H,16,17)(H,19,20). The lowest BCUT2D eigenvalue weighted by Crippen LogP contribution is -2.41. The van der Waals surface area contributed by atoms with E-state index in [-0.39, 0.29) is 24.2 Å². The van der Waals surface area contributed by atoms with Gasteiger partial charge in [-0.3, -0.25) is 14.4 Å². The Balaban J connectivity index is 2.19. The lowest BCUT2D eigenvalue weighted by atomic mass is 10.0. The van der Waals surface area contributed by atoms with Crippen LogP contribution in [0.3, 0.4) is 0 Å².